The Morgan fingerprint density at radius 1 is 1.56 bits per heavy atom. The minimum Gasteiger partial charge on any atom is -0.368 e. The van der Waals surface area contributed by atoms with Crippen molar-refractivity contribution in [1.82, 2.24) is 9.97 Å². The summed E-state index contributed by atoms with van der Waals surface area (Å²) in [6.45, 7) is 3.77. The highest BCUT2D eigenvalue weighted by atomic mass is 16.1. The van der Waals surface area contributed by atoms with Crippen LogP contribution in [0.15, 0.2) is 10.9 Å². The van der Waals surface area contributed by atoms with Crippen molar-refractivity contribution in [2.45, 2.75) is 38.6 Å². The SMILES string of the molecule is CC(C)C(Nc1cc(=O)[nH]c(C2CC2)n1)C(N)=O. The van der Waals surface area contributed by atoms with Crippen LogP contribution in [0.5, 0.6) is 0 Å². The molecule has 0 aliphatic heterocycles. The molecule has 1 aromatic heterocycles. The van der Waals surface area contributed by atoms with Gasteiger partial charge in [-0.05, 0) is 18.8 Å². The number of nitrogens with zero attached hydrogens (tertiary/aromatic N) is 1. The van der Waals surface area contributed by atoms with Crippen LogP contribution in [0.3, 0.4) is 0 Å². The van der Waals surface area contributed by atoms with Gasteiger partial charge < -0.3 is 16.0 Å². The number of aromatic amines is 1. The number of hydrogen-bond acceptors (Lipinski definition) is 4. The molecule has 0 saturated heterocycles. The topological polar surface area (TPSA) is 101 Å². The Morgan fingerprint density at radius 3 is 2.72 bits per heavy atom. The highest BCUT2D eigenvalue weighted by Crippen LogP contribution is 2.37. The maximum absolute atomic E-state index is 11.5. The van der Waals surface area contributed by atoms with Gasteiger partial charge in [0.1, 0.15) is 17.7 Å². The summed E-state index contributed by atoms with van der Waals surface area (Å²) in [7, 11) is 0. The number of H-pyrrole nitrogens is 1. The van der Waals surface area contributed by atoms with Gasteiger partial charge in [0.2, 0.25) is 5.91 Å². The van der Waals surface area contributed by atoms with Crippen LogP contribution in [0.2, 0.25) is 0 Å². The Morgan fingerprint density at radius 2 is 2.22 bits per heavy atom. The van der Waals surface area contributed by atoms with E-state index in [2.05, 4.69) is 15.3 Å². The molecule has 1 atom stereocenters. The van der Waals surface area contributed by atoms with Crippen LogP contribution in [0, 0.1) is 5.92 Å². The standard InChI is InChI=1S/C12H18N4O2/c1-6(2)10(11(13)18)14-8-5-9(17)16-12(15-8)7-3-4-7/h5-7,10H,3-4H2,1-2H3,(H2,13,18)(H2,14,15,16,17). The summed E-state index contributed by atoms with van der Waals surface area (Å²) in [6.07, 6.45) is 2.10. The molecule has 1 unspecified atom stereocenters. The van der Waals surface area contributed by atoms with Crippen LogP contribution in [0.1, 0.15) is 38.4 Å². The lowest BCUT2D eigenvalue weighted by Gasteiger charge is -2.19. The maximum atomic E-state index is 11.5. The van der Waals surface area contributed by atoms with Gasteiger partial charge in [0.25, 0.3) is 5.56 Å². The molecule has 1 heterocycles. The van der Waals surface area contributed by atoms with E-state index in [1.54, 1.807) is 0 Å². The summed E-state index contributed by atoms with van der Waals surface area (Å²) >= 11 is 0. The lowest BCUT2D eigenvalue weighted by atomic mass is 10.0. The monoisotopic (exact) mass is 250 g/mol. The Balaban J connectivity index is 2.22. The van der Waals surface area contributed by atoms with E-state index in [1.165, 1.54) is 6.07 Å². The van der Waals surface area contributed by atoms with E-state index in [1.807, 2.05) is 13.8 Å². The quantitative estimate of drug-likeness (QED) is 0.711. The van der Waals surface area contributed by atoms with Gasteiger partial charge in [0, 0.05) is 12.0 Å². The summed E-state index contributed by atoms with van der Waals surface area (Å²) in [5.74, 6) is 1.05. The third-order valence-electron chi connectivity index (χ3n) is 3.00. The lowest BCUT2D eigenvalue weighted by Crippen LogP contribution is -2.40. The molecule has 1 aliphatic rings. The van der Waals surface area contributed by atoms with Crippen molar-refractivity contribution in [3.63, 3.8) is 0 Å². The van der Waals surface area contributed by atoms with Crippen molar-refractivity contribution in [3.8, 4) is 0 Å². The van der Waals surface area contributed by atoms with Crippen molar-refractivity contribution in [1.29, 1.82) is 0 Å². The van der Waals surface area contributed by atoms with E-state index >= 15 is 0 Å². The summed E-state index contributed by atoms with van der Waals surface area (Å²) < 4.78 is 0. The molecule has 4 N–H and O–H groups in total. The molecule has 1 aromatic rings. The van der Waals surface area contributed by atoms with Gasteiger partial charge in [-0.2, -0.15) is 0 Å². The third kappa shape index (κ3) is 2.88. The number of nitrogens with two attached hydrogens (primary N) is 1. The van der Waals surface area contributed by atoms with Crippen LogP contribution in [-0.2, 0) is 4.79 Å². The molecular formula is C12H18N4O2. The molecular weight excluding hydrogens is 232 g/mol. The Kier molecular flexibility index (Phi) is 3.36. The van der Waals surface area contributed by atoms with E-state index in [0.29, 0.717) is 17.6 Å². The molecule has 6 nitrogen and oxygen atoms in total. The maximum Gasteiger partial charge on any atom is 0.252 e. The molecule has 0 spiro atoms. The first-order valence-corrected chi connectivity index (χ1v) is 6.14. The Labute approximate surface area is 105 Å². The van der Waals surface area contributed by atoms with Crippen molar-refractivity contribution in [2.24, 2.45) is 11.7 Å². The van der Waals surface area contributed by atoms with Crippen LogP contribution < -0.4 is 16.6 Å². The second kappa shape index (κ2) is 4.80. The van der Waals surface area contributed by atoms with Gasteiger partial charge in [-0.1, -0.05) is 13.8 Å². The minimum atomic E-state index is -0.522. The number of nitrogens with one attached hydrogen (secondary N) is 2. The van der Waals surface area contributed by atoms with Crippen molar-refractivity contribution in [3.05, 3.63) is 22.2 Å². The highest BCUT2D eigenvalue weighted by molar-refractivity contribution is 5.82. The first-order chi connectivity index (χ1) is 8.47. The second-order valence-corrected chi connectivity index (χ2v) is 5.06. The van der Waals surface area contributed by atoms with Gasteiger partial charge in [-0.25, -0.2) is 4.98 Å². The van der Waals surface area contributed by atoms with Crippen molar-refractivity contribution < 1.29 is 4.79 Å². The summed E-state index contributed by atoms with van der Waals surface area (Å²) in [4.78, 5) is 29.9. The first kappa shape index (κ1) is 12.6. The van der Waals surface area contributed by atoms with E-state index in [0.717, 1.165) is 12.8 Å². The molecule has 98 valence electrons. The second-order valence-electron chi connectivity index (χ2n) is 5.06. The smallest absolute Gasteiger partial charge is 0.252 e. The number of carbonyl (C=O) groups is 1. The highest BCUT2D eigenvalue weighted by Gasteiger charge is 2.27. The van der Waals surface area contributed by atoms with Crippen molar-refractivity contribution in [2.75, 3.05) is 5.32 Å². The number of anilines is 1. The van der Waals surface area contributed by atoms with Crippen LogP contribution in [0.4, 0.5) is 5.82 Å². The zero-order valence-electron chi connectivity index (χ0n) is 10.6. The number of amides is 1. The Bertz CT molecular complexity index is 505. The molecule has 1 fully saturated rings. The number of rotatable bonds is 5. The molecule has 1 saturated carbocycles. The predicted octanol–water partition coefficient (Wildman–Crippen LogP) is 0.569. The van der Waals surface area contributed by atoms with Gasteiger partial charge >= 0.3 is 0 Å². The van der Waals surface area contributed by atoms with Crippen LogP contribution in [-0.4, -0.2) is 21.9 Å². The molecule has 1 amide bonds. The first-order valence-electron chi connectivity index (χ1n) is 6.14. The fraction of sp³-hybridized carbons (Fsp3) is 0.583. The van der Waals surface area contributed by atoms with Crippen LogP contribution in [0.25, 0.3) is 0 Å². The molecule has 0 radical (unpaired) electrons. The van der Waals surface area contributed by atoms with Gasteiger partial charge in [-0.15, -0.1) is 0 Å². The number of hydrogen-bond donors (Lipinski definition) is 3. The Hall–Kier alpha value is -1.85. The average molecular weight is 250 g/mol. The minimum absolute atomic E-state index is 0.0352. The van der Waals surface area contributed by atoms with Crippen molar-refractivity contribution >= 4 is 11.7 Å². The third-order valence-corrected chi connectivity index (χ3v) is 3.00. The van der Waals surface area contributed by atoms with E-state index in [-0.39, 0.29) is 11.5 Å². The average Bonchev–Trinajstić information content (AvgIpc) is 3.07. The normalized spacial score (nSPS) is 16.6. The molecule has 1 aliphatic carbocycles. The largest absolute Gasteiger partial charge is 0.368 e. The zero-order valence-corrected chi connectivity index (χ0v) is 10.6. The lowest BCUT2D eigenvalue weighted by molar-refractivity contribution is -0.119. The number of carbonyl (C=O) groups excluding carboxylic acids is 1. The predicted molar refractivity (Wildman–Crippen MR) is 68.3 cm³/mol. The van der Waals surface area contributed by atoms with E-state index in [4.69, 9.17) is 5.73 Å². The fourth-order valence-corrected chi connectivity index (χ4v) is 1.83. The van der Waals surface area contributed by atoms with Gasteiger partial charge in [0.05, 0.1) is 0 Å². The molecule has 0 aromatic carbocycles. The summed E-state index contributed by atoms with van der Waals surface area (Å²) in [5.41, 5.74) is 5.11. The summed E-state index contributed by atoms with van der Waals surface area (Å²) in [5, 5.41) is 2.94. The van der Waals surface area contributed by atoms with E-state index in [9.17, 15) is 9.59 Å². The zero-order chi connectivity index (χ0) is 13.3. The summed E-state index contributed by atoms with van der Waals surface area (Å²) in [6, 6.07) is 0.829. The molecule has 2 rings (SSSR count). The van der Waals surface area contributed by atoms with Gasteiger partial charge in [-0.3, -0.25) is 9.59 Å². The number of primary amides is 1. The molecule has 6 heteroatoms. The fourth-order valence-electron chi connectivity index (χ4n) is 1.83. The molecule has 18 heavy (non-hydrogen) atoms. The molecule has 0 bridgehead atoms. The van der Waals surface area contributed by atoms with Gasteiger partial charge in [0.15, 0.2) is 0 Å². The number of aromatic nitrogens is 2. The van der Waals surface area contributed by atoms with E-state index < -0.39 is 11.9 Å². The van der Waals surface area contributed by atoms with Crippen LogP contribution >= 0.6 is 0 Å².